The first-order chi connectivity index (χ1) is 17.4. The molecule has 35 heavy (non-hydrogen) atoms. The van der Waals surface area contributed by atoms with E-state index in [1.165, 1.54) is 44.9 Å². The molecule has 0 aromatic rings. The molecular formula is C34H61B. The van der Waals surface area contributed by atoms with Gasteiger partial charge in [-0.25, -0.2) is 0 Å². The molecule has 0 aromatic carbocycles. The highest BCUT2D eigenvalue weighted by atomic mass is 14.5. The summed E-state index contributed by atoms with van der Waals surface area (Å²) in [5, 5.41) is 0. The molecule has 0 nitrogen and oxygen atoms in total. The predicted octanol–water partition coefficient (Wildman–Crippen LogP) is 11.7. The summed E-state index contributed by atoms with van der Waals surface area (Å²) in [5.41, 5.74) is 0. The average molecular weight is 481 g/mol. The van der Waals surface area contributed by atoms with Crippen LogP contribution in [0.25, 0.3) is 0 Å². The van der Waals surface area contributed by atoms with Crippen molar-refractivity contribution in [3.8, 4) is 0 Å². The van der Waals surface area contributed by atoms with Crippen LogP contribution in [0.3, 0.4) is 0 Å². The van der Waals surface area contributed by atoms with E-state index in [0.717, 1.165) is 47.8 Å². The Morgan fingerprint density at radius 2 is 0.657 bits per heavy atom. The zero-order valence-electron chi connectivity index (χ0n) is 23.7. The Kier molecular flexibility index (Phi) is 10.9. The van der Waals surface area contributed by atoms with Gasteiger partial charge in [0.1, 0.15) is 6.71 Å². The van der Waals surface area contributed by atoms with Crippen LogP contribution in [0, 0.1) is 23.7 Å². The molecule has 5 atom stereocenters. The standard InChI is InChI=1S/C34H61B/c1-4-12-20-28(21-13-5-1)34-30-24-16-8-3-9-18-26-32(30)35(29-22-14-6-2-7-15-23-29)33-27-19-11-10-17-25-31(33)34/h28-34H,1-27H2. The van der Waals surface area contributed by atoms with Crippen molar-refractivity contribution < 1.29 is 0 Å². The van der Waals surface area contributed by atoms with E-state index in [4.69, 9.17) is 0 Å². The van der Waals surface area contributed by atoms with Gasteiger partial charge in [0.15, 0.2) is 0 Å². The Morgan fingerprint density at radius 1 is 0.314 bits per heavy atom. The summed E-state index contributed by atoms with van der Waals surface area (Å²) in [7, 11) is 0. The summed E-state index contributed by atoms with van der Waals surface area (Å²) in [6.07, 6.45) is 42.3. The van der Waals surface area contributed by atoms with E-state index < -0.39 is 0 Å². The highest BCUT2D eigenvalue weighted by Crippen LogP contribution is 2.62. The quantitative estimate of drug-likeness (QED) is 0.345. The van der Waals surface area contributed by atoms with Crippen LogP contribution < -0.4 is 0 Å². The van der Waals surface area contributed by atoms with Crippen LogP contribution in [0.1, 0.15) is 173 Å². The molecule has 5 rings (SSSR count). The van der Waals surface area contributed by atoms with Gasteiger partial charge in [-0.05, 0) is 23.7 Å². The maximum atomic E-state index is 1.62. The van der Waals surface area contributed by atoms with Crippen LogP contribution in [0.15, 0.2) is 0 Å². The molecule has 1 aliphatic heterocycles. The lowest BCUT2D eigenvalue weighted by Crippen LogP contribution is -2.51. The lowest BCUT2D eigenvalue weighted by atomic mass is 9.18. The first-order valence-electron chi connectivity index (χ1n) is 17.4. The topological polar surface area (TPSA) is 0 Å². The Labute approximate surface area is 221 Å². The Hall–Kier alpha value is 0.0649. The summed E-state index contributed by atoms with van der Waals surface area (Å²) < 4.78 is 0. The first-order valence-corrected chi connectivity index (χ1v) is 17.4. The van der Waals surface area contributed by atoms with E-state index in [-0.39, 0.29) is 0 Å². The third kappa shape index (κ3) is 6.94. The lowest BCUT2D eigenvalue weighted by molar-refractivity contribution is 0.0694. The van der Waals surface area contributed by atoms with E-state index in [1.54, 1.807) is 128 Å². The molecular weight excluding hydrogens is 419 g/mol. The summed E-state index contributed by atoms with van der Waals surface area (Å²) in [4.78, 5) is 0. The summed E-state index contributed by atoms with van der Waals surface area (Å²) >= 11 is 0. The highest BCUT2D eigenvalue weighted by molar-refractivity contribution is 6.64. The first kappa shape index (κ1) is 26.7. The minimum Gasteiger partial charge on any atom is -0.0617 e. The summed E-state index contributed by atoms with van der Waals surface area (Å²) in [6.45, 7) is 1.11. The molecule has 0 spiro atoms. The average Bonchev–Trinajstić information content (AvgIpc) is 2.91. The van der Waals surface area contributed by atoms with Gasteiger partial charge in [-0.1, -0.05) is 191 Å². The van der Waals surface area contributed by atoms with Crippen molar-refractivity contribution in [3.05, 3.63) is 0 Å². The van der Waals surface area contributed by atoms with Gasteiger partial charge >= 0.3 is 0 Å². The minimum atomic E-state index is 1.09. The number of hydrogen-bond donors (Lipinski definition) is 0. The maximum Gasteiger partial charge on any atom is 0.150 e. The van der Waals surface area contributed by atoms with Crippen LogP contribution >= 0.6 is 0 Å². The molecule has 1 heteroatoms. The zero-order chi connectivity index (χ0) is 23.7. The van der Waals surface area contributed by atoms with Gasteiger partial charge in [0.05, 0.1) is 0 Å². The van der Waals surface area contributed by atoms with Crippen LogP contribution in [0.2, 0.25) is 17.5 Å². The number of fused-ring (bicyclic) bond motifs is 2. The van der Waals surface area contributed by atoms with Crippen LogP contribution in [-0.4, -0.2) is 6.71 Å². The fourth-order valence-corrected chi connectivity index (χ4v) is 11.0. The van der Waals surface area contributed by atoms with Crippen molar-refractivity contribution in [1.29, 1.82) is 0 Å². The third-order valence-corrected chi connectivity index (χ3v) is 12.4. The maximum absolute atomic E-state index is 1.62. The van der Waals surface area contributed by atoms with Gasteiger partial charge < -0.3 is 0 Å². The predicted molar refractivity (Wildman–Crippen MR) is 156 cm³/mol. The van der Waals surface area contributed by atoms with Crippen LogP contribution in [0.4, 0.5) is 0 Å². The molecule has 200 valence electrons. The molecule has 0 bridgehead atoms. The molecule has 5 fully saturated rings. The van der Waals surface area contributed by atoms with Crippen molar-refractivity contribution in [2.45, 2.75) is 191 Å². The normalized spacial score (nSPS) is 38.1. The highest BCUT2D eigenvalue weighted by Gasteiger charge is 2.54. The van der Waals surface area contributed by atoms with E-state index in [1.807, 2.05) is 0 Å². The van der Waals surface area contributed by atoms with E-state index in [2.05, 4.69) is 0 Å². The van der Waals surface area contributed by atoms with Gasteiger partial charge in [-0.15, -0.1) is 0 Å². The smallest absolute Gasteiger partial charge is 0.0617 e. The van der Waals surface area contributed by atoms with Gasteiger partial charge in [0, 0.05) is 0 Å². The molecule has 1 saturated heterocycles. The Morgan fingerprint density at radius 3 is 1.11 bits per heavy atom. The molecule has 5 unspecified atom stereocenters. The van der Waals surface area contributed by atoms with Crippen molar-refractivity contribution in [2.75, 3.05) is 0 Å². The largest absolute Gasteiger partial charge is 0.150 e. The van der Waals surface area contributed by atoms with Gasteiger partial charge in [0.25, 0.3) is 0 Å². The van der Waals surface area contributed by atoms with Crippen molar-refractivity contribution >= 4 is 6.71 Å². The second kappa shape index (κ2) is 14.3. The third-order valence-electron chi connectivity index (χ3n) is 12.4. The second-order valence-corrected chi connectivity index (χ2v) is 14.4. The molecule has 4 saturated carbocycles. The minimum absolute atomic E-state index is 1.09. The van der Waals surface area contributed by atoms with Crippen LogP contribution in [-0.2, 0) is 0 Å². The number of rotatable bonds is 2. The monoisotopic (exact) mass is 480 g/mol. The molecule has 1 heterocycles. The Balaban J connectivity index is 1.50. The van der Waals surface area contributed by atoms with Gasteiger partial charge in [-0.3, -0.25) is 0 Å². The molecule has 0 radical (unpaired) electrons. The molecule has 0 N–H and O–H groups in total. The van der Waals surface area contributed by atoms with E-state index >= 15 is 0 Å². The fourth-order valence-electron chi connectivity index (χ4n) is 11.0. The molecule has 0 aromatic heterocycles. The second-order valence-electron chi connectivity index (χ2n) is 14.4. The van der Waals surface area contributed by atoms with Gasteiger partial charge in [0.2, 0.25) is 0 Å². The molecule has 0 amide bonds. The van der Waals surface area contributed by atoms with Crippen molar-refractivity contribution in [2.24, 2.45) is 23.7 Å². The fraction of sp³-hybridized carbons (Fsp3) is 1.00. The summed E-state index contributed by atoms with van der Waals surface area (Å²) in [5.74, 6) is 7.73. The lowest BCUT2D eigenvalue weighted by Gasteiger charge is -2.57. The SMILES string of the molecule is C1CCCC(B2C3CCCCCCCC3C(C3CCCCCCC3)C3CCCCCCC23)CCC1. The van der Waals surface area contributed by atoms with Gasteiger partial charge in [-0.2, -0.15) is 0 Å². The van der Waals surface area contributed by atoms with Crippen molar-refractivity contribution in [1.82, 2.24) is 0 Å². The molecule has 4 aliphatic carbocycles. The van der Waals surface area contributed by atoms with E-state index in [0.29, 0.717) is 0 Å². The Bertz CT molecular complexity index is 519. The number of hydrogen-bond acceptors (Lipinski definition) is 0. The summed E-state index contributed by atoms with van der Waals surface area (Å²) in [6, 6.07) is 0. The molecule has 5 aliphatic rings. The van der Waals surface area contributed by atoms with Crippen LogP contribution in [0.5, 0.6) is 0 Å². The van der Waals surface area contributed by atoms with Crippen molar-refractivity contribution in [3.63, 3.8) is 0 Å². The zero-order valence-corrected chi connectivity index (χ0v) is 23.7. The van der Waals surface area contributed by atoms with E-state index in [9.17, 15) is 0 Å².